The van der Waals surface area contributed by atoms with E-state index in [9.17, 15) is 14.4 Å². The Bertz CT molecular complexity index is 1150. The molecule has 66 heavy (non-hydrogen) atoms. The fourth-order valence-electron chi connectivity index (χ4n) is 8.20. The minimum absolute atomic E-state index is 0.0806. The van der Waals surface area contributed by atoms with E-state index < -0.39 is 6.10 Å². The maximum atomic E-state index is 12.8. The molecular formula is C60H108O6. The van der Waals surface area contributed by atoms with Crippen molar-refractivity contribution in [1.82, 2.24) is 0 Å². The summed E-state index contributed by atoms with van der Waals surface area (Å²) in [5.41, 5.74) is 0. The summed E-state index contributed by atoms with van der Waals surface area (Å²) < 4.78 is 16.8. The molecule has 0 amide bonds. The van der Waals surface area contributed by atoms with Gasteiger partial charge < -0.3 is 14.2 Å². The van der Waals surface area contributed by atoms with Crippen LogP contribution in [0.4, 0.5) is 0 Å². The lowest BCUT2D eigenvalue weighted by Gasteiger charge is -2.18. The second-order valence-electron chi connectivity index (χ2n) is 19.2. The molecule has 0 aliphatic rings. The van der Waals surface area contributed by atoms with Crippen molar-refractivity contribution in [2.24, 2.45) is 0 Å². The largest absolute Gasteiger partial charge is 0.462 e. The predicted octanol–water partition coefficient (Wildman–Crippen LogP) is 19.0. The van der Waals surface area contributed by atoms with Crippen molar-refractivity contribution in [2.75, 3.05) is 13.2 Å². The average molecular weight is 926 g/mol. The monoisotopic (exact) mass is 925 g/mol. The zero-order valence-electron chi connectivity index (χ0n) is 44.0. The summed E-state index contributed by atoms with van der Waals surface area (Å²) in [6.45, 7) is 6.59. The van der Waals surface area contributed by atoms with Gasteiger partial charge in [0.25, 0.3) is 0 Å². The Morgan fingerprint density at radius 2 is 0.561 bits per heavy atom. The van der Waals surface area contributed by atoms with E-state index in [1.165, 1.54) is 154 Å². The minimum Gasteiger partial charge on any atom is -0.462 e. The molecule has 0 saturated carbocycles. The lowest BCUT2D eigenvalue weighted by Crippen LogP contribution is -2.30. The van der Waals surface area contributed by atoms with Crippen LogP contribution < -0.4 is 0 Å². The number of carbonyl (C=O) groups is 3. The molecule has 0 aliphatic heterocycles. The van der Waals surface area contributed by atoms with Crippen LogP contribution in [-0.4, -0.2) is 37.2 Å². The number of hydrogen-bond acceptors (Lipinski definition) is 6. The lowest BCUT2D eigenvalue weighted by molar-refractivity contribution is -0.167. The molecule has 0 heterocycles. The second-order valence-corrected chi connectivity index (χ2v) is 19.2. The minimum atomic E-state index is -0.784. The number of allylic oxidation sites excluding steroid dienone is 8. The number of unbranched alkanes of at least 4 members (excludes halogenated alkanes) is 33. The highest BCUT2D eigenvalue weighted by Gasteiger charge is 2.19. The molecule has 0 fully saturated rings. The first-order valence-electron chi connectivity index (χ1n) is 28.6. The Morgan fingerprint density at radius 3 is 0.894 bits per heavy atom. The maximum Gasteiger partial charge on any atom is 0.306 e. The molecule has 0 radical (unpaired) electrons. The molecule has 0 saturated heterocycles. The van der Waals surface area contributed by atoms with E-state index in [1.807, 2.05) is 0 Å². The highest BCUT2D eigenvalue weighted by molar-refractivity contribution is 5.71. The van der Waals surface area contributed by atoms with Crippen LogP contribution in [0, 0.1) is 0 Å². The van der Waals surface area contributed by atoms with Crippen LogP contribution in [0.25, 0.3) is 0 Å². The maximum absolute atomic E-state index is 12.8. The van der Waals surface area contributed by atoms with Crippen molar-refractivity contribution in [1.29, 1.82) is 0 Å². The van der Waals surface area contributed by atoms with Gasteiger partial charge in [0, 0.05) is 19.3 Å². The lowest BCUT2D eigenvalue weighted by atomic mass is 10.0. The van der Waals surface area contributed by atoms with Gasteiger partial charge in [-0.1, -0.05) is 249 Å². The number of esters is 3. The smallest absolute Gasteiger partial charge is 0.306 e. The van der Waals surface area contributed by atoms with Crippen LogP contribution in [0.1, 0.15) is 297 Å². The second kappa shape index (κ2) is 55.0. The summed E-state index contributed by atoms with van der Waals surface area (Å²) in [6, 6.07) is 0. The zero-order chi connectivity index (χ0) is 47.9. The number of ether oxygens (including phenoxy) is 3. The average Bonchev–Trinajstić information content (AvgIpc) is 3.31. The van der Waals surface area contributed by atoms with Gasteiger partial charge in [0.15, 0.2) is 6.10 Å². The molecule has 0 aromatic carbocycles. The molecule has 6 nitrogen and oxygen atoms in total. The van der Waals surface area contributed by atoms with E-state index in [1.54, 1.807) is 0 Å². The van der Waals surface area contributed by atoms with Crippen molar-refractivity contribution in [3.8, 4) is 0 Å². The van der Waals surface area contributed by atoms with Crippen LogP contribution in [-0.2, 0) is 28.6 Å². The third-order valence-electron chi connectivity index (χ3n) is 12.6. The van der Waals surface area contributed by atoms with Gasteiger partial charge in [0.05, 0.1) is 0 Å². The highest BCUT2D eigenvalue weighted by Crippen LogP contribution is 2.16. The Balaban J connectivity index is 4.37. The zero-order valence-corrected chi connectivity index (χ0v) is 44.0. The molecule has 1 atom stereocenters. The molecule has 0 rings (SSSR count). The SMILES string of the molecule is CCCC/C=C\C/C=C\CCCCCCCC(=O)OCC(COC(=O)CCCCCCCCCCCCCCCCCCCC)OC(=O)CCCCCCC/C=C\C/C=C\CCCCCC. The number of carbonyl (C=O) groups excluding carboxylic acids is 3. The molecule has 0 aromatic rings. The first-order valence-corrected chi connectivity index (χ1v) is 28.6. The number of hydrogen-bond donors (Lipinski definition) is 0. The molecule has 1 unspecified atom stereocenters. The van der Waals surface area contributed by atoms with Crippen molar-refractivity contribution in [2.45, 2.75) is 303 Å². The van der Waals surface area contributed by atoms with Crippen LogP contribution in [0.2, 0.25) is 0 Å². The van der Waals surface area contributed by atoms with E-state index in [-0.39, 0.29) is 31.1 Å². The van der Waals surface area contributed by atoms with Gasteiger partial charge in [-0.05, 0) is 77.0 Å². The quantitative estimate of drug-likeness (QED) is 0.0262. The fourth-order valence-corrected chi connectivity index (χ4v) is 8.20. The Kier molecular flexibility index (Phi) is 52.8. The molecule has 6 heteroatoms. The van der Waals surface area contributed by atoms with Crippen LogP contribution in [0.5, 0.6) is 0 Å². The molecule has 384 valence electrons. The third kappa shape index (κ3) is 52.3. The molecule has 0 spiro atoms. The van der Waals surface area contributed by atoms with Crippen LogP contribution in [0.3, 0.4) is 0 Å². The summed E-state index contributed by atoms with van der Waals surface area (Å²) >= 11 is 0. The van der Waals surface area contributed by atoms with Crippen molar-refractivity contribution < 1.29 is 28.6 Å². The summed E-state index contributed by atoms with van der Waals surface area (Å²) in [4.78, 5) is 38.1. The first kappa shape index (κ1) is 63.4. The number of rotatable bonds is 52. The Labute approximate surface area is 409 Å². The summed E-state index contributed by atoms with van der Waals surface area (Å²) in [7, 11) is 0. The third-order valence-corrected chi connectivity index (χ3v) is 12.6. The van der Waals surface area contributed by atoms with Crippen molar-refractivity contribution in [3.63, 3.8) is 0 Å². The molecule has 0 bridgehead atoms. The van der Waals surface area contributed by atoms with Gasteiger partial charge in [-0.15, -0.1) is 0 Å². The van der Waals surface area contributed by atoms with Gasteiger partial charge in [-0.25, -0.2) is 0 Å². The predicted molar refractivity (Wildman–Crippen MR) is 284 cm³/mol. The van der Waals surface area contributed by atoms with E-state index >= 15 is 0 Å². The van der Waals surface area contributed by atoms with Gasteiger partial charge in [0.1, 0.15) is 13.2 Å². The first-order chi connectivity index (χ1) is 32.5. The summed E-state index contributed by atoms with van der Waals surface area (Å²) in [6.07, 6.45) is 66.7. The summed E-state index contributed by atoms with van der Waals surface area (Å²) in [5, 5.41) is 0. The van der Waals surface area contributed by atoms with Crippen molar-refractivity contribution >= 4 is 17.9 Å². The molecule has 0 aliphatic carbocycles. The molecular weight excluding hydrogens is 817 g/mol. The standard InChI is InChI=1S/C60H108O6/c1-4-7-10-13-16-19-22-25-28-30-31-33-35-38-41-44-47-50-53-59(62)65-56-57(55-64-58(61)52-49-46-43-40-37-34-27-24-21-18-15-12-9-6-3)66-60(63)54-51-48-45-42-39-36-32-29-26-23-20-17-14-11-8-5-2/h15,18,20,23-24,27,29,32,57H,4-14,16-17,19,21-22,25-26,28,30-31,33-56H2,1-3H3/b18-15-,23-20-,27-24-,32-29-. The molecule has 0 N–H and O–H groups in total. The fraction of sp³-hybridized carbons (Fsp3) is 0.817. The van der Waals surface area contributed by atoms with Crippen LogP contribution >= 0.6 is 0 Å². The topological polar surface area (TPSA) is 78.9 Å². The van der Waals surface area contributed by atoms with Gasteiger partial charge in [0.2, 0.25) is 0 Å². The normalized spacial score (nSPS) is 12.3. The summed E-state index contributed by atoms with van der Waals surface area (Å²) in [5.74, 6) is -0.895. The van der Waals surface area contributed by atoms with E-state index in [0.717, 1.165) is 103 Å². The van der Waals surface area contributed by atoms with E-state index in [4.69, 9.17) is 14.2 Å². The van der Waals surface area contributed by atoms with Crippen LogP contribution in [0.15, 0.2) is 48.6 Å². The molecule has 0 aromatic heterocycles. The Morgan fingerprint density at radius 1 is 0.303 bits per heavy atom. The highest BCUT2D eigenvalue weighted by atomic mass is 16.6. The van der Waals surface area contributed by atoms with E-state index in [0.29, 0.717) is 19.3 Å². The van der Waals surface area contributed by atoms with E-state index in [2.05, 4.69) is 69.4 Å². The van der Waals surface area contributed by atoms with Gasteiger partial charge in [-0.2, -0.15) is 0 Å². The van der Waals surface area contributed by atoms with Crippen molar-refractivity contribution in [3.05, 3.63) is 48.6 Å². The van der Waals surface area contributed by atoms with Gasteiger partial charge >= 0.3 is 17.9 Å². The Hall–Kier alpha value is -2.63. The van der Waals surface area contributed by atoms with Gasteiger partial charge in [-0.3, -0.25) is 14.4 Å².